The summed E-state index contributed by atoms with van der Waals surface area (Å²) in [5.74, 6) is 0. The van der Waals surface area contributed by atoms with Gasteiger partial charge in [0.2, 0.25) is 4.80 Å². The lowest BCUT2D eigenvalue weighted by Gasteiger charge is -2.35. The Hall–Kier alpha value is -0.340. The van der Waals surface area contributed by atoms with Crippen LogP contribution in [0, 0.1) is 0 Å². The maximum atomic E-state index is 6.76. The monoisotopic (exact) mass is 402 g/mol. The molecule has 1 heterocycles. The quantitative estimate of drug-likeness (QED) is 0.417. The summed E-state index contributed by atoms with van der Waals surface area (Å²) in [6.07, 6.45) is 1.27. The third kappa shape index (κ3) is 4.07. The van der Waals surface area contributed by atoms with Crippen LogP contribution in [-0.4, -0.2) is 15.3 Å². The maximum Gasteiger partial charge on any atom is 0.218 e. The first-order valence-corrected chi connectivity index (χ1v) is 10.3. The topological polar surface area (TPSA) is 18.5 Å². The Balaban J connectivity index is 1.68. The highest BCUT2D eigenvalue weighted by atomic mass is 35.5. The molecule has 1 fully saturated rings. The van der Waals surface area contributed by atoms with Gasteiger partial charge in [-0.3, -0.25) is 0 Å². The molecule has 24 heavy (non-hydrogen) atoms. The van der Waals surface area contributed by atoms with Gasteiger partial charge in [-0.25, -0.2) is 0 Å². The van der Waals surface area contributed by atoms with Gasteiger partial charge in [0.05, 0.1) is 21.4 Å². The van der Waals surface area contributed by atoms with Crippen molar-refractivity contribution in [2.24, 2.45) is 0 Å². The van der Waals surface area contributed by atoms with Gasteiger partial charge in [0.25, 0.3) is 0 Å². The molecule has 0 spiro atoms. The van der Waals surface area contributed by atoms with E-state index in [0.717, 1.165) is 11.1 Å². The van der Waals surface area contributed by atoms with Crippen LogP contribution < -0.4 is 0 Å². The number of hydrogen-bond acceptors (Lipinski definition) is 2. The molecule has 2 nitrogen and oxygen atoms in total. The normalized spacial score (nSPS) is 25.7. The lowest BCUT2D eigenvalue weighted by Crippen LogP contribution is -2.37. The molecule has 6 heteroatoms. The molecular weight excluding hydrogens is 386 g/mol. The van der Waals surface area contributed by atoms with Gasteiger partial charge in [-0.15, -0.1) is 0 Å². The molecule has 0 aliphatic carbocycles. The van der Waals surface area contributed by atoms with Gasteiger partial charge < -0.3 is 9.26 Å². The molecule has 2 aromatic carbocycles. The Morgan fingerprint density at radius 1 is 0.833 bits per heavy atom. The first-order valence-electron chi connectivity index (χ1n) is 7.70. The summed E-state index contributed by atoms with van der Waals surface area (Å²) in [7, 11) is -1.12. The van der Waals surface area contributed by atoms with Gasteiger partial charge in [-0.1, -0.05) is 95.5 Å². The van der Waals surface area contributed by atoms with Crippen molar-refractivity contribution >= 4 is 43.0 Å². The van der Waals surface area contributed by atoms with Crippen molar-refractivity contribution in [1.29, 1.82) is 0 Å². The SMILES string of the molecule is ClC1(Cl)CCP(OCc2ccccc2)C1(Cl)OCc1ccccc1. The number of ether oxygens (including phenoxy) is 1. The third-order valence-corrected chi connectivity index (χ3v) is 8.49. The van der Waals surface area contributed by atoms with Crippen molar-refractivity contribution < 1.29 is 9.26 Å². The van der Waals surface area contributed by atoms with E-state index in [4.69, 9.17) is 44.1 Å². The molecular formula is C18H18Cl3O2P. The summed E-state index contributed by atoms with van der Waals surface area (Å²) in [6.45, 7) is 0.818. The summed E-state index contributed by atoms with van der Waals surface area (Å²) >= 11 is 19.7. The average molecular weight is 404 g/mol. The summed E-state index contributed by atoms with van der Waals surface area (Å²) in [5.41, 5.74) is 2.11. The van der Waals surface area contributed by atoms with E-state index in [1.807, 2.05) is 60.7 Å². The lowest BCUT2D eigenvalue weighted by molar-refractivity contribution is 0.0524. The molecule has 2 aromatic rings. The summed E-state index contributed by atoms with van der Waals surface area (Å²) < 4.78 is 10.9. The Morgan fingerprint density at radius 2 is 1.38 bits per heavy atom. The molecule has 1 aliphatic rings. The van der Waals surface area contributed by atoms with E-state index in [-0.39, 0.29) is 0 Å². The van der Waals surface area contributed by atoms with Crippen LogP contribution in [0.25, 0.3) is 0 Å². The van der Waals surface area contributed by atoms with Crippen molar-refractivity contribution in [1.82, 2.24) is 0 Å². The molecule has 0 saturated carbocycles. The van der Waals surface area contributed by atoms with Gasteiger partial charge >= 0.3 is 0 Å². The second-order valence-electron chi connectivity index (χ2n) is 5.65. The first-order chi connectivity index (χ1) is 11.5. The summed E-state index contributed by atoms with van der Waals surface area (Å²) in [5, 5.41) is 0. The highest BCUT2D eigenvalue weighted by Gasteiger charge is 2.61. The standard InChI is InChI=1S/C18H18Cl3O2P/c19-17(20)11-12-24(23-14-16-9-5-2-6-10-16)18(17,21)22-13-15-7-3-1-4-8-15/h1-10H,11-14H2. The zero-order chi connectivity index (χ0) is 17.0. The minimum Gasteiger partial charge on any atom is -0.350 e. The zero-order valence-electron chi connectivity index (χ0n) is 13.0. The van der Waals surface area contributed by atoms with Crippen LogP contribution in [0.1, 0.15) is 17.5 Å². The number of halogens is 3. The van der Waals surface area contributed by atoms with E-state index in [9.17, 15) is 0 Å². The lowest BCUT2D eigenvalue weighted by atomic mass is 10.2. The third-order valence-electron chi connectivity index (χ3n) is 3.90. The fraction of sp³-hybridized carbons (Fsp3) is 0.333. The van der Waals surface area contributed by atoms with Gasteiger partial charge in [0.1, 0.15) is 0 Å². The van der Waals surface area contributed by atoms with Crippen LogP contribution in [0.5, 0.6) is 0 Å². The molecule has 128 valence electrons. The fourth-order valence-corrected chi connectivity index (χ4v) is 6.32. The molecule has 2 atom stereocenters. The average Bonchev–Trinajstić information content (AvgIpc) is 2.83. The van der Waals surface area contributed by atoms with Gasteiger partial charge in [0.15, 0.2) is 4.33 Å². The maximum absolute atomic E-state index is 6.76. The predicted octanol–water partition coefficient (Wildman–Crippen LogP) is 6.29. The van der Waals surface area contributed by atoms with Crippen LogP contribution >= 0.6 is 43.0 Å². The molecule has 1 aliphatic heterocycles. The molecule has 0 amide bonds. The van der Waals surface area contributed by atoms with Crippen molar-refractivity contribution in [3.63, 3.8) is 0 Å². The Labute approximate surface area is 158 Å². The number of alkyl halides is 3. The van der Waals surface area contributed by atoms with Crippen molar-refractivity contribution in [3.05, 3.63) is 71.8 Å². The van der Waals surface area contributed by atoms with E-state index in [1.54, 1.807) is 0 Å². The molecule has 0 aromatic heterocycles. The number of hydrogen-bond donors (Lipinski definition) is 0. The molecule has 2 unspecified atom stereocenters. The van der Waals surface area contributed by atoms with E-state index < -0.39 is 17.3 Å². The molecule has 1 saturated heterocycles. The highest BCUT2D eigenvalue weighted by molar-refractivity contribution is 7.57. The minimum atomic E-state index is -1.21. The second-order valence-corrected chi connectivity index (χ2v) is 10.0. The van der Waals surface area contributed by atoms with Gasteiger partial charge in [0, 0.05) is 0 Å². The van der Waals surface area contributed by atoms with Crippen molar-refractivity contribution in [3.8, 4) is 0 Å². The number of rotatable bonds is 6. The van der Waals surface area contributed by atoms with Gasteiger partial charge in [-0.2, -0.15) is 0 Å². The Kier molecular flexibility index (Phi) is 6.08. The van der Waals surface area contributed by atoms with Crippen LogP contribution in [0.15, 0.2) is 60.7 Å². The Morgan fingerprint density at radius 3 is 1.96 bits per heavy atom. The molecule has 3 rings (SSSR count). The predicted molar refractivity (Wildman–Crippen MR) is 102 cm³/mol. The molecule has 0 N–H and O–H groups in total. The van der Waals surface area contributed by atoms with Crippen molar-refractivity contribution in [2.75, 3.05) is 6.16 Å². The fourth-order valence-electron chi connectivity index (χ4n) is 2.53. The van der Waals surface area contributed by atoms with E-state index in [2.05, 4.69) is 0 Å². The summed E-state index contributed by atoms with van der Waals surface area (Å²) in [4.78, 5) is -1.21. The highest BCUT2D eigenvalue weighted by Crippen LogP contribution is 2.70. The second kappa shape index (κ2) is 7.91. The first kappa shape index (κ1) is 18.5. The van der Waals surface area contributed by atoms with Gasteiger partial charge in [-0.05, 0) is 23.7 Å². The van der Waals surface area contributed by atoms with E-state index >= 15 is 0 Å². The van der Waals surface area contributed by atoms with E-state index in [1.165, 1.54) is 0 Å². The van der Waals surface area contributed by atoms with Crippen LogP contribution in [0.2, 0.25) is 0 Å². The molecule has 0 radical (unpaired) electrons. The molecule has 0 bridgehead atoms. The zero-order valence-corrected chi connectivity index (χ0v) is 16.2. The number of benzene rings is 2. The van der Waals surface area contributed by atoms with Crippen LogP contribution in [0.3, 0.4) is 0 Å². The van der Waals surface area contributed by atoms with Crippen molar-refractivity contribution in [2.45, 2.75) is 28.8 Å². The minimum absolute atomic E-state index is 0.346. The largest absolute Gasteiger partial charge is 0.350 e. The van der Waals surface area contributed by atoms with Crippen LogP contribution in [-0.2, 0) is 22.5 Å². The van der Waals surface area contributed by atoms with Crippen LogP contribution in [0.4, 0.5) is 0 Å². The van der Waals surface area contributed by atoms with E-state index in [0.29, 0.717) is 25.8 Å². The smallest absolute Gasteiger partial charge is 0.218 e. The Bertz CT molecular complexity index is 654. The summed E-state index contributed by atoms with van der Waals surface area (Å²) in [6, 6.07) is 19.8.